The van der Waals surface area contributed by atoms with E-state index in [-0.39, 0.29) is 17.2 Å². The lowest BCUT2D eigenvalue weighted by atomic mass is 9.94. The second-order valence-electron chi connectivity index (χ2n) is 7.58. The maximum absolute atomic E-state index is 13.1. The number of nitrogens with one attached hydrogen (secondary N) is 1. The Morgan fingerprint density at radius 2 is 1.79 bits per heavy atom. The van der Waals surface area contributed by atoms with E-state index in [2.05, 4.69) is 41.8 Å². The predicted molar refractivity (Wildman–Crippen MR) is 120 cm³/mol. The Labute approximate surface area is 180 Å². The molecule has 1 saturated heterocycles. The predicted octanol–water partition coefficient (Wildman–Crippen LogP) is 4.25. The molecule has 0 bridgehead atoms. The first kappa shape index (κ1) is 21.3. The standard InChI is InChI=1S/C21H25IN2O3S/c1-15-9-16(2)14-24(13-15)28(26,27)20-8-3-5-17(10-20)21(25)12-23-19-7-4-6-18(22)11-19/h3-8,10-11,15-16,23H,9,12-14H2,1-2H3. The van der Waals surface area contributed by atoms with Crippen LogP contribution >= 0.6 is 22.6 Å². The molecule has 150 valence electrons. The highest BCUT2D eigenvalue weighted by Gasteiger charge is 2.31. The zero-order valence-electron chi connectivity index (χ0n) is 16.1. The number of nitrogens with zero attached hydrogens (tertiary/aromatic N) is 1. The molecular weight excluding hydrogens is 487 g/mol. The normalized spacial score (nSPS) is 20.7. The summed E-state index contributed by atoms with van der Waals surface area (Å²) in [5.74, 6) is 0.527. The van der Waals surface area contributed by atoms with Crippen molar-refractivity contribution in [2.24, 2.45) is 11.8 Å². The Kier molecular flexibility index (Phi) is 6.77. The third-order valence-corrected chi connectivity index (χ3v) is 7.41. The highest BCUT2D eigenvalue weighted by atomic mass is 127. The third-order valence-electron chi connectivity index (χ3n) is 4.91. The molecule has 0 aromatic heterocycles. The van der Waals surface area contributed by atoms with Crippen LogP contribution in [0.15, 0.2) is 53.4 Å². The first-order valence-corrected chi connectivity index (χ1v) is 11.9. The van der Waals surface area contributed by atoms with Gasteiger partial charge in [-0.05, 0) is 71.2 Å². The van der Waals surface area contributed by atoms with E-state index in [1.54, 1.807) is 22.5 Å². The van der Waals surface area contributed by atoms with Gasteiger partial charge in [-0.15, -0.1) is 0 Å². The summed E-state index contributed by atoms with van der Waals surface area (Å²) in [4.78, 5) is 12.8. The van der Waals surface area contributed by atoms with Crippen molar-refractivity contribution in [2.75, 3.05) is 25.0 Å². The summed E-state index contributed by atoms with van der Waals surface area (Å²) >= 11 is 2.21. The van der Waals surface area contributed by atoms with E-state index in [1.165, 1.54) is 6.07 Å². The van der Waals surface area contributed by atoms with Crippen molar-refractivity contribution in [3.8, 4) is 0 Å². The number of sulfonamides is 1. The first-order chi connectivity index (χ1) is 13.3. The number of Topliss-reactive ketones (excluding diaryl/α,β-unsaturated/α-hetero) is 1. The van der Waals surface area contributed by atoms with Gasteiger partial charge in [-0.2, -0.15) is 4.31 Å². The second-order valence-corrected chi connectivity index (χ2v) is 10.8. The van der Waals surface area contributed by atoms with Crippen molar-refractivity contribution in [1.29, 1.82) is 0 Å². The van der Waals surface area contributed by atoms with Gasteiger partial charge in [0.1, 0.15) is 0 Å². The summed E-state index contributed by atoms with van der Waals surface area (Å²) in [7, 11) is -3.60. The summed E-state index contributed by atoms with van der Waals surface area (Å²) in [5.41, 5.74) is 1.26. The fourth-order valence-electron chi connectivity index (χ4n) is 3.66. The van der Waals surface area contributed by atoms with Crippen LogP contribution < -0.4 is 5.32 Å². The Morgan fingerprint density at radius 3 is 2.46 bits per heavy atom. The topological polar surface area (TPSA) is 66.5 Å². The Morgan fingerprint density at radius 1 is 1.11 bits per heavy atom. The van der Waals surface area contributed by atoms with Gasteiger partial charge < -0.3 is 5.32 Å². The number of hydrogen-bond acceptors (Lipinski definition) is 4. The maximum Gasteiger partial charge on any atom is 0.243 e. The zero-order chi connectivity index (χ0) is 20.3. The van der Waals surface area contributed by atoms with Crippen LogP contribution in [0.5, 0.6) is 0 Å². The molecule has 1 aliphatic rings. The Hall–Kier alpha value is -1.45. The molecule has 2 atom stereocenters. The molecule has 28 heavy (non-hydrogen) atoms. The van der Waals surface area contributed by atoms with Crippen LogP contribution in [0.3, 0.4) is 0 Å². The van der Waals surface area contributed by atoms with Crippen molar-refractivity contribution in [3.63, 3.8) is 0 Å². The quantitative estimate of drug-likeness (QED) is 0.464. The molecule has 2 unspecified atom stereocenters. The number of hydrogen-bond donors (Lipinski definition) is 1. The van der Waals surface area contributed by atoms with Crippen molar-refractivity contribution < 1.29 is 13.2 Å². The number of benzene rings is 2. The Balaban J connectivity index is 1.74. The molecule has 3 rings (SSSR count). The van der Waals surface area contributed by atoms with Crippen molar-refractivity contribution in [3.05, 3.63) is 57.7 Å². The van der Waals surface area contributed by atoms with Gasteiger partial charge in [-0.3, -0.25) is 4.79 Å². The summed E-state index contributed by atoms with van der Waals surface area (Å²) in [6, 6.07) is 14.1. The molecular formula is C21H25IN2O3S. The van der Waals surface area contributed by atoms with Crippen LogP contribution in [-0.4, -0.2) is 38.1 Å². The van der Waals surface area contributed by atoms with Gasteiger partial charge in [0.05, 0.1) is 11.4 Å². The van der Waals surface area contributed by atoms with Crippen molar-refractivity contribution in [1.82, 2.24) is 4.31 Å². The van der Waals surface area contributed by atoms with E-state index in [1.807, 2.05) is 24.3 Å². The number of halogens is 1. The number of carbonyl (C=O) groups is 1. The minimum Gasteiger partial charge on any atom is -0.378 e. The monoisotopic (exact) mass is 512 g/mol. The van der Waals surface area contributed by atoms with E-state index in [0.717, 1.165) is 15.7 Å². The van der Waals surface area contributed by atoms with Crippen LogP contribution in [0, 0.1) is 15.4 Å². The first-order valence-electron chi connectivity index (χ1n) is 9.38. The zero-order valence-corrected chi connectivity index (χ0v) is 19.0. The molecule has 7 heteroatoms. The average Bonchev–Trinajstić information content (AvgIpc) is 2.65. The number of ketones is 1. The number of anilines is 1. The van der Waals surface area contributed by atoms with E-state index in [9.17, 15) is 13.2 Å². The van der Waals surface area contributed by atoms with Gasteiger partial charge in [0.2, 0.25) is 10.0 Å². The molecule has 0 aliphatic carbocycles. The molecule has 1 N–H and O–H groups in total. The second kappa shape index (κ2) is 8.92. The van der Waals surface area contributed by atoms with Gasteiger partial charge in [-0.25, -0.2) is 8.42 Å². The van der Waals surface area contributed by atoms with Crippen LogP contribution in [0.4, 0.5) is 5.69 Å². The minimum atomic E-state index is -3.60. The van der Waals surface area contributed by atoms with E-state index >= 15 is 0 Å². The van der Waals surface area contributed by atoms with Gasteiger partial charge in [0.25, 0.3) is 0 Å². The summed E-state index contributed by atoms with van der Waals surface area (Å²) < 4.78 is 28.8. The highest BCUT2D eigenvalue weighted by molar-refractivity contribution is 14.1. The van der Waals surface area contributed by atoms with Crippen LogP contribution in [-0.2, 0) is 10.0 Å². The average molecular weight is 512 g/mol. The third kappa shape index (κ3) is 5.12. The number of rotatable bonds is 6. The van der Waals surface area contributed by atoms with Gasteiger partial charge in [0.15, 0.2) is 5.78 Å². The summed E-state index contributed by atoms with van der Waals surface area (Å²) in [6.45, 7) is 5.32. The SMILES string of the molecule is CC1CC(C)CN(S(=O)(=O)c2cccc(C(=O)CNc3cccc(I)c3)c2)C1. The molecule has 1 aliphatic heterocycles. The number of carbonyl (C=O) groups excluding carboxylic acids is 1. The minimum absolute atomic E-state index is 0.112. The Bertz CT molecular complexity index is 952. The molecule has 0 spiro atoms. The summed E-state index contributed by atoms with van der Waals surface area (Å²) in [5, 5.41) is 3.10. The molecule has 0 amide bonds. The van der Waals surface area contributed by atoms with Crippen molar-refractivity contribution >= 4 is 44.1 Å². The van der Waals surface area contributed by atoms with E-state index < -0.39 is 10.0 Å². The lowest BCUT2D eigenvalue weighted by molar-refractivity contribution is 0.101. The largest absolute Gasteiger partial charge is 0.378 e. The van der Waals surface area contributed by atoms with E-state index in [4.69, 9.17) is 0 Å². The molecule has 2 aromatic rings. The maximum atomic E-state index is 13.1. The van der Waals surface area contributed by atoms with Crippen LogP contribution in [0.25, 0.3) is 0 Å². The lowest BCUT2D eigenvalue weighted by Gasteiger charge is -2.34. The fraction of sp³-hybridized carbons (Fsp3) is 0.381. The summed E-state index contributed by atoms with van der Waals surface area (Å²) in [6.07, 6.45) is 1.04. The molecule has 0 radical (unpaired) electrons. The van der Waals surface area contributed by atoms with Crippen molar-refractivity contribution in [2.45, 2.75) is 25.2 Å². The lowest BCUT2D eigenvalue weighted by Crippen LogP contribution is -2.42. The van der Waals surface area contributed by atoms with Gasteiger partial charge >= 0.3 is 0 Å². The highest BCUT2D eigenvalue weighted by Crippen LogP contribution is 2.27. The van der Waals surface area contributed by atoms with Gasteiger partial charge in [0, 0.05) is 27.9 Å². The molecule has 1 heterocycles. The van der Waals surface area contributed by atoms with E-state index in [0.29, 0.717) is 30.5 Å². The molecule has 1 fully saturated rings. The molecule has 5 nitrogen and oxygen atoms in total. The fourth-order valence-corrected chi connectivity index (χ4v) is 5.93. The smallest absolute Gasteiger partial charge is 0.243 e. The number of piperidine rings is 1. The van der Waals surface area contributed by atoms with Gasteiger partial charge in [-0.1, -0.05) is 32.0 Å². The molecule has 0 saturated carbocycles. The van der Waals surface area contributed by atoms with Crippen LogP contribution in [0.2, 0.25) is 0 Å². The van der Waals surface area contributed by atoms with Crippen LogP contribution in [0.1, 0.15) is 30.6 Å². The molecule has 2 aromatic carbocycles.